The predicted octanol–water partition coefficient (Wildman–Crippen LogP) is 2.77. The number of para-hydroxylation sites is 1. The van der Waals surface area contributed by atoms with Crippen molar-refractivity contribution in [2.24, 2.45) is 0 Å². The number of aliphatic hydroxyl groups is 1. The van der Waals surface area contributed by atoms with E-state index >= 15 is 0 Å². The van der Waals surface area contributed by atoms with Crippen LogP contribution >= 0.6 is 0 Å². The molecule has 0 bridgehead atoms. The molecule has 0 saturated carbocycles. The first kappa shape index (κ1) is 15.6. The van der Waals surface area contributed by atoms with E-state index in [0.29, 0.717) is 24.5 Å². The number of carbonyl (C=O) groups excluding carboxylic acids is 1. The van der Waals surface area contributed by atoms with Crippen molar-refractivity contribution in [2.45, 2.75) is 31.4 Å². The molecule has 122 valence electrons. The van der Waals surface area contributed by atoms with Gasteiger partial charge in [-0.3, -0.25) is 4.79 Å². The second-order valence-electron chi connectivity index (χ2n) is 5.75. The number of hydrogen-bond donors (Lipinski definition) is 1. The summed E-state index contributed by atoms with van der Waals surface area (Å²) in [7, 11) is 0. The second-order valence-corrected chi connectivity index (χ2v) is 5.75. The van der Waals surface area contributed by atoms with Crippen LogP contribution in [-0.4, -0.2) is 35.1 Å². The van der Waals surface area contributed by atoms with Gasteiger partial charge in [0.15, 0.2) is 6.61 Å². The summed E-state index contributed by atoms with van der Waals surface area (Å²) < 4.78 is 10.8. The van der Waals surface area contributed by atoms with Crippen molar-refractivity contribution in [1.29, 1.82) is 0 Å². The van der Waals surface area contributed by atoms with E-state index in [-0.39, 0.29) is 18.6 Å². The highest BCUT2D eigenvalue weighted by Gasteiger charge is 2.31. The smallest absolute Gasteiger partial charge is 0.260 e. The minimum atomic E-state index is -0.682. The molecule has 1 amide bonds. The number of benzene rings is 1. The van der Waals surface area contributed by atoms with Gasteiger partial charge in [0.1, 0.15) is 17.6 Å². The summed E-state index contributed by atoms with van der Waals surface area (Å²) >= 11 is 0. The highest BCUT2D eigenvalue weighted by molar-refractivity contribution is 5.78. The van der Waals surface area contributed by atoms with Gasteiger partial charge in [-0.05, 0) is 37.1 Å². The van der Waals surface area contributed by atoms with Crippen LogP contribution in [0.2, 0.25) is 0 Å². The zero-order valence-corrected chi connectivity index (χ0v) is 12.9. The van der Waals surface area contributed by atoms with Gasteiger partial charge in [0.05, 0.1) is 6.26 Å². The predicted molar refractivity (Wildman–Crippen MR) is 85.0 cm³/mol. The Hall–Kier alpha value is -2.27. The Morgan fingerprint density at radius 1 is 1.30 bits per heavy atom. The number of aliphatic hydroxyl groups excluding tert-OH is 1. The van der Waals surface area contributed by atoms with Crippen LogP contribution in [0.4, 0.5) is 0 Å². The van der Waals surface area contributed by atoms with Gasteiger partial charge < -0.3 is 19.2 Å². The average Bonchev–Trinajstić information content (AvgIpc) is 3.25. The molecule has 1 aromatic carbocycles. The molecule has 0 spiro atoms. The highest BCUT2D eigenvalue weighted by atomic mass is 16.5. The third-order valence-corrected chi connectivity index (χ3v) is 4.17. The minimum Gasteiger partial charge on any atom is -0.484 e. The van der Waals surface area contributed by atoms with Crippen molar-refractivity contribution in [2.75, 3.05) is 13.2 Å². The van der Waals surface area contributed by atoms with Gasteiger partial charge in [-0.1, -0.05) is 18.2 Å². The van der Waals surface area contributed by atoms with Gasteiger partial charge in [0.25, 0.3) is 5.91 Å². The summed E-state index contributed by atoms with van der Waals surface area (Å²) in [6.45, 7) is 0.740. The standard InChI is InChI=1S/C18H21NO4/c20-16(17-9-5-11-22-17)12-14-6-4-10-19(14)18(21)13-23-15-7-2-1-3-8-15/h1-3,5,7-9,11,14,16,20H,4,6,10,12-13H2. The summed E-state index contributed by atoms with van der Waals surface area (Å²) in [5, 5.41) is 10.2. The first-order chi connectivity index (χ1) is 11.2. The lowest BCUT2D eigenvalue weighted by molar-refractivity contribution is -0.134. The summed E-state index contributed by atoms with van der Waals surface area (Å²) in [4.78, 5) is 14.2. The van der Waals surface area contributed by atoms with E-state index in [0.717, 1.165) is 12.8 Å². The Balaban J connectivity index is 1.54. The van der Waals surface area contributed by atoms with Gasteiger partial charge in [-0.2, -0.15) is 0 Å². The van der Waals surface area contributed by atoms with Crippen LogP contribution in [0.25, 0.3) is 0 Å². The van der Waals surface area contributed by atoms with Crippen LogP contribution in [0.5, 0.6) is 5.75 Å². The maximum atomic E-state index is 12.4. The minimum absolute atomic E-state index is 0.0252. The van der Waals surface area contributed by atoms with Crippen LogP contribution in [-0.2, 0) is 4.79 Å². The molecular formula is C18H21NO4. The fourth-order valence-corrected chi connectivity index (χ4v) is 3.01. The van der Waals surface area contributed by atoms with Crippen molar-refractivity contribution in [1.82, 2.24) is 4.90 Å². The Labute approximate surface area is 135 Å². The van der Waals surface area contributed by atoms with Crippen molar-refractivity contribution >= 4 is 5.91 Å². The van der Waals surface area contributed by atoms with E-state index in [4.69, 9.17) is 9.15 Å². The monoisotopic (exact) mass is 315 g/mol. The van der Waals surface area contributed by atoms with Gasteiger partial charge >= 0.3 is 0 Å². The molecule has 3 rings (SSSR count). The molecule has 1 aliphatic rings. The van der Waals surface area contributed by atoms with Gasteiger partial charge in [-0.25, -0.2) is 0 Å². The summed E-state index contributed by atoms with van der Waals surface area (Å²) in [6.07, 6.45) is 3.20. The van der Waals surface area contributed by atoms with Crippen LogP contribution in [0, 0.1) is 0 Å². The molecule has 2 aromatic rings. The number of hydrogen-bond acceptors (Lipinski definition) is 4. The number of carbonyl (C=O) groups is 1. The summed E-state index contributed by atoms with van der Waals surface area (Å²) in [6, 6.07) is 12.8. The van der Waals surface area contributed by atoms with Crippen molar-refractivity contribution < 1.29 is 19.1 Å². The summed E-state index contributed by atoms with van der Waals surface area (Å²) in [5.74, 6) is 1.19. The summed E-state index contributed by atoms with van der Waals surface area (Å²) in [5.41, 5.74) is 0. The lowest BCUT2D eigenvalue weighted by Gasteiger charge is -2.26. The lowest BCUT2D eigenvalue weighted by Crippen LogP contribution is -2.39. The molecule has 1 aliphatic heterocycles. The Kier molecular flexibility index (Phi) is 4.98. The Morgan fingerprint density at radius 3 is 2.87 bits per heavy atom. The van der Waals surface area contributed by atoms with Crippen molar-refractivity contribution in [3.8, 4) is 5.75 Å². The van der Waals surface area contributed by atoms with E-state index in [1.54, 1.807) is 18.4 Å². The van der Waals surface area contributed by atoms with E-state index < -0.39 is 6.10 Å². The third kappa shape index (κ3) is 3.93. The quantitative estimate of drug-likeness (QED) is 0.890. The average molecular weight is 315 g/mol. The number of rotatable bonds is 6. The van der Waals surface area contributed by atoms with E-state index in [2.05, 4.69) is 0 Å². The molecule has 2 atom stereocenters. The second kappa shape index (κ2) is 7.33. The number of likely N-dealkylation sites (tertiary alicyclic amines) is 1. The first-order valence-electron chi connectivity index (χ1n) is 7.93. The van der Waals surface area contributed by atoms with Gasteiger partial charge in [0.2, 0.25) is 0 Å². The molecule has 2 unspecified atom stereocenters. The molecule has 0 radical (unpaired) electrons. The molecule has 1 saturated heterocycles. The number of ether oxygens (including phenoxy) is 1. The van der Waals surface area contributed by atoms with E-state index in [9.17, 15) is 9.90 Å². The number of nitrogens with zero attached hydrogens (tertiary/aromatic N) is 1. The van der Waals surface area contributed by atoms with Crippen LogP contribution < -0.4 is 4.74 Å². The zero-order chi connectivity index (χ0) is 16.1. The maximum absolute atomic E-state index is 12.4. The fourth-order valence-electron chi connectivity index (χ4n) is 3.01. The maximum Gasteiger partial charge on any atom is 0.260 e. The van der Waals surface area contributed by atoms with Crippen molar-refractivity contribution in [3.63, 3.8) is 0 Å². The van der Waals surface area contributed by atoms with E-state index in [1.165, 1.54) is 0 Å². The zero-order valence-electron chi connectivity index (χ0n) is 12.9. The van der Waals surface area contributed by atoms with Gasteiger partial charge in [-0.15, -0.1) is 0 Å². The van der Waals surface area contributed by atoms with Crippen LogP contribution in [0.3, 0.4) is 0 Å². The molecule has 23 heavy (non-hydrogen) atoms. The Bertz CT molecular complexity index is 611. The first-order valence-corrected chi connectivity index (χ1v) is 7.93. The van der Waals surface area contributed by atoms with Gasteiger partial charge in [0, 0.05) is 19.0 Å². The van der Waals surface area contributed by atoms with Crippen LogP contribution in [0.15, 0.2) is 53.1 Å². The van der Waals surface area contributed by atoms with Crippen molar-refractivity contribution in [3.05, 3.63) is 54.5 Å². The Morgan fingerprint density at radius 2 is 2.13 bits per heavy atom. The normalized spacial score (nSPS) is 18.8. The molecule has 2 heterocycles. The largest absolute Gasteiger partial charge is 0.484 e. The molecule has 5 heteroatoms. The molecule has 5 nitrogen and oxygen atoms in total. The number of furan rings is 1. The molecular weight excluding hydrogens is 294 g/mol. The third-order valence-electron chi connectivity index (χ3n) is 4.17. The highest BCUT2D eigenvalue weighted by Crippen LogP contribution is 2.27. The number of amides is 1. The molecule has 1 aromatic heterocycles. The molecule has 0 aliphatic carbocycles. The SMILES string of the molecule is O=C(COc1ccccc1)N1CCCC1CC(O)c1ccco1. The lowest BCUT2D eigenvalue weighted by atomic mass is 10.1. The topological polar surface area (TPSA) is 62.9 Å². The van der Waals surface area contributed by atoms with E-state index in [1.807, 2.05) is 35.2 Å². The fraction of sp³-hybridized carbons (Fsp3) is 0.389. The molecule has 1 fully saturated rings. The molecule has 1 N–H and O–H groups in total. The van der Waals surface area contributed by atoms with Crippen LogP contribution in [0.1, 0.15) is 31.1 Å².